The van der Waals surface area contributed by atoms with Crippen LogP contribution < -0.4 is 5.32 Å². The molecule has 4 nitrogen and oxygen atoms in total. The summed E-state index contributed by atoms with van der Waals surface area (Å²) in [7, 11) is 0. The SMILES string of the molecule is Cc1nc(CNCc2c[nH]c3ncccc23)cs1. The summed E-state index contributed by atoms with van der Waals surface area (Å²) >= 11 is 1.69. The lowest BCUT2D eigenvalue weighted by atomic mass is 10.2. The van der Waals surface area contributed by atoms with Crippen LogP contribution in [0.4, 0.5) is 0 Å². The van der Waals surface area contributed by atoms with Crippen LogP contribution in [0.5, 0.6) is 0 Å². The molecule has 0 bridgehead atoms. The first-order chi connectivity index (χ1) is 8.83. The van der Waals surface area contributed by atoms with E-state index in [9.17, 15) is 0 Å². The average molecular weight is 258 g/mol. The van der Waals surface area contributed by atoms with Gasteiger partial charge in [0, 0.05) is 36.2 Å². The second kappa shape index (κ2) is 4.88. The molecule has 0 fully saturated rings. The average Bonchev–Trinajstić information content (AvgIpc) is 2.97. The zero-order chi connectivity index (χ0) is 12.4. The molecular formula is C13H14N4S. The van der Waals surface area contributed by atoms with E-state index in [-0.39, 0.29) is 0 Å². The molecule has 3 aromatic rings. The third-order valence-corrected chi connectivity index (χ3v) is 3.65. The van der Waals surface area contributed by atoms with Gasteiger partial charge in [-0.05, 0) is 24.6 Å². The van der Waals surface area contributed by atoms with Crippen LogP contribution in [0.25, 0.3) is 11.0 Å². The zero-order valence-corrected chi connectivity index (χ0v) is 10.9. The molecule has 0 saturated heterocycles. The molecule has 0 saturated carbocycles. The largest absolute Gasteiger partial charge is 0.346 e. The smallest absolute Gasteiger partial charge is 0.137 e. The molecule has 3 aromatic heterocycles. The Bertz CT molecular complexity index is 656. The Morgan fingerprint density at radius 2 is 2.33 bits per heavy atom. The summed E-state index contributed by atoms with van der Waals surface area (Å²) < 4.78 is 0. The van der Waals surface area contributed by atoms with Crippen LogP contribution in [-0.2, 0) is 13.1 Å². The van der Waals surface area contributed by atoms with Gasteiger partial charge in [0.1, 0.15) is 5.65 Å². The molecule has 3 heterocycles. The van der Waals surface area contributed by atoms with Gasteiger partial charge in [-0.2, -0.15) is 0 Å². The van der Waals surface area contributed by atoms with Crippen LogP contribution >= 0.6 is 11.3 Å². The lowest BCUT2D eigenvalue weighted by molar-refractivity contribution is 0.684. The summed E-state index contributed by atoms with van der Waals surface area (Å²) in [6.45, 7) is 3.65. The maximum atomic E-state index is 4.43. The second-order valence-electron chi connectivity index (χ2n) is 4.17. The molecule has 0 radical (unpaired) electrons. The molecule has 2 N–H and O–H groups in total. The lowest BCUT2D eigenvalue weighted by Crippen LogP contribution is -2.12. The van der Waals surface area contributed by atoms with Gasteiger partial charge in [-0.15, -0.1) is 11.3 Å². The fourth-order valence-corrected chi connectivity index (χ4v) is 2.59. The first-order valence-electron chi connectivity index (χ1n) is 5.85. The number of nitrogens with zero attached hydrogens (tertiary/aromatic N) is 2. The van der Waals surface area contributed by atoms with E-state index in [2.05, 4.69) is 31.7 Å². The molecule has 0 amide bonds. The zero-order valence-electron chi connectivity index (χ0n) is 10.1. The predicted octanol–water partition coefficient (Wildman–Crippen LogP) is 2.62. The highest BCUT2D eigenvalue weighted by Gasteiger charge is 2.03. The van der Waals surface area contributed by atoms with E-state index in [1.807, 2.05) is 19.2 Å². The van der Waals surface area contributed by atoms with Crippen molar-refractivity contribution in [1.82, 2.24) is 20.3 Å². The van der Waals surface area contributed by atoms with Crippen molar-refractivity contribution in [2.24, 2.45) is 0 Å². The standard InChI is InChI=1S/C13H14N4S/c1-9-17-11(8-18-9)7-14-5-10-6-16-13-12(10)3-2-4-15-13/h2-4,6,8,14H,5,7H2,1H3,(H,15,16). The Morgan fingerprint density at radius 3 is 3.17 bits per heavy atom. The number of aryl methyl sites for hydroxylation is 1. The molecule has 0 spiro atoms. The molecule has 0 aromatic carbocycles. The van der Waals surface area contributed by atoms with Crippen LogP contribution in [0.1, 0.15) is 16.3 Å². The Balaban J connectivity index is 1.66. The van der Waals surface area contributed by atoms with Crippen LogP contribution in [0.3, 0.4) is 0 Å². The molecule has 0 aliphatic rings. The number of aromatic nitrogens is 3. The molecule has 0 unspecified atom stereocenters. The monoisotopic (exact) mass is 258 g/mol. The highest BCUT2D eigenvalue weighted by Crippen LogP contribution is 2.15. The van der Waals surface area contributed by atoms with Gasteiger partial charge in [-0.1, -0.05) is 0 Å². The number of H-pyrrole nitrogens is 1. The molecule has 0 atom stereocenters. The molecule has 3 rings (SSSR count). The van der Waals surface area contributed by atoms with Gasteiger partial charge in [-0.25, -0.2) is 9.97 Å². The van der Waals surface area contributed by atoms with Crippen molar-refractivity contribution in [3.05, 3.63) is 46.2 Å². The number of fused-ring (bicyclic) bond motifs is 1. The van der Waals surface area contributed by atoms with Gasteiger partial charge in [0.05, 0.1) is 10.7 Å². The van der Waals surface area contributed by atoms with E-state index in [0.29, 0.717) is 0 Å². The number of aromatic amines is 1. The van der Waals surface area contributed by atoms with E-state index in [1.165, 1.54) is 10.9 Å². The Morgan fingerprint density at radius 1 is 1.39 bits per heavy atom. The number of thiazole rings is 1. The molecule has 92 valence electrons. The van der Waals surface area contributed by atoms with Crippen LogP contribution in [0.2, 0.25) is 0 Å². The molecular weight excluding hydrogens is 244 g/mol. The summed E-state index contributed by atoms with van der Waals surface area (Å²) in [4.78, 5) is 11.9. The molecule has 5 heteroatoms. The van der Waals surface area contributed by atoms with E-state index >= 15 is 0 Å². The molecule has 0 aliphatic heterocycles. The third-order valence-electron chi connectivity index (χ3n) is 2.82. The summed E-state index contributed by atoms with van der Waals surface area (Å²) in [5.74, 6) is 0. The maximum Gasteiger partial charge on any atom is 0.137 e. The van der Waals surface area contributed by atoms with Crippen LogP contribution in [0.15, 0.2) is 29.9 Å². The summed E-state index contributed by atoms with van der Waals surface area (Å²) in [5, 5.41) is 7.80. The maximum absolute atomic E-state index is 4.43. The quantitative estimate of drug-likeness (QED) is 0.756. The molecule has 0 aliphatic carbocycles. The van der Waals surface area contributed by atoms with Gasteiger partial charge >= 0.3 is 0 Å². The number of rotatable bonds is 4. The first-order valence-corrected chi connectivity index (χ1v) is 6.73. The van der Waals surface area contributed by atoms with E-state index in [0.717, 1.165) is 29.4 Å². The summed E-state index contributed by atoms with van der Waals surface area (Å²) in [6.07, 6.45) is 3.81. The second-order valence-corrected chi connectivity index (χ2v) is 5.24. The topological polar surface area (TPSA) is 53.6 Å². The fourth-order valence-electron chi connectivity index (χ4n) is 1.97. The van der Waals surface area contributed by atoms with Gasteiger partial charge in [-0.3, -0.25) is 0 Å². The highest BCUT2D eigenvalue weighted by atomic mass is 32.1. The summed E-state index contributed by atoms with van der Waals surface area (Å²) in [6, 6.07) is 4.05. The normalized spacial score (nSPS) is 11.2. The molecule has 18 heavy (non-hydrogen) atoms. The van der Waals surface area contributed by atoms with Crippen molar-refractivity contribution in [1.29, 1.82) is 0 Å². The summed E-state index contributed by atoms with van der Waals surface area (Å²) in [5.41, 5.74) is 3.29. The predicted molar refractivity (Wildman–Crippen MR) is 73.5 cm³/mol. The van der Waals surface area contributed by atoms with Gasteiger partial charge < -0.3 is 10.3 Å². The van der Waals surface area contributed by atoms with Gasteiger partial charge in [0.15, 0.2) is 0 Å². The Kier molecular flexibility index (Phi) is 3.08. The number of pyridine rings is 1. The van der Waals surface area contributed by atoms with Crippen molar-refractivity contribution in [2.75, 3.05) is 0 Å². The highest BCUT2D eigenvalue weighted by molar-refractivity contribution is 7.09. The van der Waals surface area contributed by atoms with Crippen molar-refractivity contribution < 1.29 is 0 Å². The minimum absolute atomic E-state index is 0.803. The third kappa shape index (κ3) is 2.27. The minimum Gasteiger partial charge on any atom is -0.346 e. The Hall–Kier alpha value is -1.72. The van der Waals surface area contributed by atoms with E-state index in [1.54, 1.807) is 17.5 Å². The lowest BCUT2D eigenvalue weighted by Gasteiger charge is -2.01. The van der Waals surface area contributed by atoms with Gasteiger partial charge in [0.2, 0.25) is 0 Å². The van der Waals surface area contributed by atoms with Gasteiger partial charge in [0.25, 0.3) is 0 Å². The van der Waals surface area contributed by atoms with E-state index in [4.69, 9.17) is 0 Å². The van der Waals surface area contributed by atoms with Crippen molar-refractivity contribution in [2.45, 2.75) is 20.0 Å². The first kappa shape index (κ1) is 11.4. The van der Waals surface area contributed by atoms with Crippen molar-refractivity contribution in [3.63, 3.8) is 0 Å². The number of nitrogens with one attached hydrogen (secondary N) is 2. The Labute approximate surface area is 109 Å². The number of hydrogen-bond acceptors (Lipinski definition) is 4. The van der Waals surface area contributed by atoms with Crippen molar-refractivity contribution in [3.8, 4) is 0 Å². The number of hydrogen-bond donors (Lipinski definition) is 2. The van der Waals surface area contributed by atoms with Crippen LogP contribution in [-0.4, -0.2) is 15.0 Å². The fraction of sp³-hybridized carbons (Fsp3) is 0.231. The minimum atomic E-state index is 0.803. The van der Waals surface area contributed by atoms with Crippen molar-refractivity contribution >= 4 is 22.4 Å². The van der Waals surface area contributed by atoms with E-state index < -0.39 is 0 Å². The van der Waals surface area contributed by atoms with Crippen LogP contribution in [0, 0.1) is 6.92 Å².